The van der Waals surface area contributed by atoms with Crippen molar-refractivity contribution in [2.45, 2.75) is 45.4 Å². The van der Waals surface area contributed by atoms with Crippen LogP contribution in [0.4, 0.5) is 0 Å². The van der Waals surface area contributed by atoms with E-state index in [-0.39, 0.29) is 5.41 Å². The molecule has 0 aromatic carbocycles. The fraction of sp³-hybridized carbons (Fsp3) is 0.714. The van der Waals surface area contributed by atoms with Crippen molar-refractivity contribution < 1.29 is 0 Å². The highest BCUT2D eigenvalue weighted by Crippen LogP contribution is 2.22. The summed E-state index contributed by atoms with van der Waals surface area (Å²) in [5, 5.41) is 3.40. The summed E-state index contributed by atoms with van der Waals surface area (Å²) in [4.78, 5) is 8.80. The Balaban J connectivity index is 2.05. The van der Waals surface area contributed by atoms with Crippen LogP contribution in [0.15, 0.2) is 12.4 Å². The summed E-state index contributed by atoms with van der Waals surface area (Å²) in [6, 6.07) is 2.18. The van der Waals surface area contributed by atoms with Crippen molar-refractivity contribution >= 4 is 0 Å². The first-order valence-corrected chi connectivity index (χ1v) is 6.58. The van der Waals surface area contributed by atoms with Crippen LogP contribution in [0, 0.1) is 5.92 Å². The van der Waals surface area contributed by atoms with Gasteiger partial charge in [-0.3, -0.25) is 0 Å². The largest absolute Gasteiger partial charge is 0.317 e. The summed E-state index contributed by atoms with van der Waals surface area (Å²) in [7, 11) is 0. The third-order valence-corrected chi connectivity index (χ3v) is 3.45. The average Bonchev–Trinajstić information content (AvgIpc) is 2.29. The van der Waals surface area contributed by atoms with E-state index in [2.05, 4.69) is 42.1 Å². The van der Waals surface area contributed by atoms with Gasteiger partial charge in [0.05, 0.1) is 0 Å². The van der Waals surface area contributed by atoms with Gasteiger partial charge in [-0.2, -0.15) is 0 Å². The smallest absolute Gasteiger partial charge is 0.115 e. The van der Waals surface area contributed by atoms with Crippen molar-refractivity contribution in [2.24, 2.45) is 5.92 Å². The van der Waals surface area contributed by atoms with Crippen LogP contribution in [0.1, 0.15) is 45.0 Å². The van der Waals surface area contributed by atoms with E-state index in [1.165, 1.54) is 18.5 Å². The van der Waals surface area contributed by atoms with E-state index in [1.54, 1.807) is 6.33 Å². The first-order valence-electron chi connectivity index (χ1n) is 6.58. The zero-order chi connectivity index (χ0) is 12.3. The normalized spacial score (nSPS) is 18.3. The maximum atomic E-state index is 4.42. The van der Waals surface area contributed by atoms with Crippen LogP contribution in [0.5, 0.6) is 0 Å². The molecule has 0 saturated carbocycles. The maximum Gasteiger partial charge on any atom is 0.115 e. The van der Waals surface area contributed by atoms with Crippen molar-refractivity contribution in [3.05, 3.63) is 23.8 Å². The van der Waals surface area contributed by atoms with Gasteiger partial charge in [0.1, 0.15) is 6.33 Å². The van der Waals surface area contributed by atoms with Gasteiger partial charge in [-0.05, 0) is 44.3 Å². The lowest BCUT2D eigenvalue weighted by Crippen LogP contribution is -2.29. The molecule has 1 fully saturated rings. The molecule has 1 N–H and O–H groups in total. The topological polar surface area (TPSA) is 37.8 Å². The molecule has 1 saturated heterocycles. The standard InChI is InChI=1S/C14H23N3/c1-14(2,3)13-9-12(16-10-17-13)8-11-4-6-15-7-5-11/h9-11,15H,4-8H2,1-3H3. The van der Waals surface area contributed by atoms with E-state index in [9.17, 15) is 0 Å². The molecule has 1 aromatic heterocycles. The van der Waals surface area contributed by atoms with Crippen molar-refractivity contribution in [2.75, 3.05) is 13.1 Å². The Kier molecular flexibility index (Phi) is 3.77. The fourth-order valence-corrected chi connectivity index (χ4v) is 2.30. The van der Waals surface area contributed by atoms with Crippen molar-refractivity contribution in [3.8, 4) is 0 Å². The van der Waals surface area contributed by atoms with Crippen LogP contribution in [-0.2, 0) is 11.8 Å². The SMILES string of the molecule is CC(C)(C)c1cc(CC2CCNCC2)ncn1. The molecule has 2 rings (SSSR count). The minimum absolute atomic E-state index is 0.117. The van der Waals surface area contributed by atoms with Crippen molar-refractivity contribution in [1.82, 2.24) is 15.3 Å². The molecular weight excluding hydrogens is 210 g/mol. The quantitative estimate of drug-likeness (QED) is 0.852. The Labute approximate surface area is 104 Å². The lowest BCUT2D eigenvalue weighted by molar-refractivity contribution is 0.369. The minimum Gasteiger partial charge on any atom is -0.317 e. The van der Waals surface area contributed by atoms with E-state index in [0.29, 0.717) is 0 Å². The molecular formula is C14H23N3. The molecule has 0 radical (unpaired) electrons. The van der Waals surface area contributed by atoms with Crippen LogP contribution in [-0.4, -0.2) is 23.1 Å². The highest BCUT2D eigenvalue weighted by Gasteiger charge is 2.18. The highest BCUT2D eigenvalue weighted by atomic mass is 14.9. The highest BCUT2D eigenvalue weighted by molar-refractivity contribution is 5.16. The summed E-state index contributed by atoms with van der Waals surface area (Å²) >= 11 is 0. The maximum absolute atomic E-state index is 4.42. The third kappa shape index (κ3) is 3.50. The Morgan fingerprint density at radius 3 is 2.59 bits per heavy atom. The van der Waals surface area contributed by atoms with E-state index >= 15 is 0 Å². The molecule has 0 bridgehead atoms. The fourth-order valence-electron chi connectivity index (χ4n) is 2.30. The zero-order valence-corrected chi connectivity index (χ0v) is 11.2. The Bertz CT molecular complexity index is 362. The van der Waals surface area contributed by atoms with E-state index in [1.807, 2.05) is 0 Å². The van der Waals surface area contributed by atoms with Crippen LogP contribution in [0.25, 0.3) is 0 Å². The van der Waals surface area contributed by atoms with Crippen LogP contribution in [0.3, 0.4) is 0 Å². The second-order valence-electron chi connectivity index (χ2n) is 6.04. The Hall–Kier alpha value is -0.960. The van der Waals surface area contributed by atoms with Gasteiger partial charge in [-0.1, -0.05) is 20.8 Å². The molecule has 17 heavy (non-hydrogen) atoms. The van der Waals surface area contributed by atoms with Crippen LogP contribution >= 0.6 is 0 Å². The van der Waals surface area contributed by atoms with E-state index < -0.39 is 0 Å². The molecule has 2 heterocycles. The van der Waals surface area contributed by atoms with E-state index in [4.69, 9.17) is 0 Å². The third-order valence-electron chi connectivity index (χ3n) is 3.45. The molecule has 0 amide bonds. The Morgan fingerprint density at radius 1 is 1.24 bits per heavy atom. The number of nitrogens with one attached hydrogen (secondary N) is 1. The number of rotatable bonds is 2. The van der Waals surface area contributed by atoms with Gasteiger partial charge >= 0.3 is 0 Å². The van der Waals surface area contributed by atoms with Gasteiger partial charge in [-0.25, -0.2) is 9.97 Å². The first kappa shape index (κ1) is 12.5. The van der Waals surface area contributed by atoms with Gasteiger partial charge in [0.15, 0.2) is 0 Å². The number of hydrogen-bond acceptors (Lipinski definition) is 3. The average molecular weight is 233 g/mol. The second kappa shape index (κ2) is 5.13. The van der Waals surface area contributed by atoms with Gasteiger partial charge in [-0.15, -0.1) is 0 Å². The predicted molar refractivity (Wildman–Crippen MR) is 70.0 cm³/mol. The number of piperidine rings is 1. The predicted octanol–water partition coefficient (Wildman–Crippen LogP) is 2.32. The molecule has 3 heteroatoms. The summed E-state index contributed by atoms with van der Waals surface area (Å²) in [6.45, 7) is 8.90. The lowest BCUT2D eigenvalue weighted by atomic mass is 9.89. The number of hydrogen-bond donors (Lipinski definition) is 1. The molecule has 0 atom stereocenters. The lowest BCUT2D eigenvalue weighted by Gasteiger charge is -2.23. The first-order chi connectivity index (χ1) is 8.05. The number of nitrogens with zero attached hydrogens (tertiary/aromatic N) is 2. The number of aromatic nitrogens is 2. The molecule has 1 aliphatic heterocycles. The summed E-state index contributed by atoms with van der Waals surface area (Å²) in [6.07, 6.45) is 5.37. The summed E-state index contributed by atoms with van der Waals surface area (Å²) < 4.78 is 0. The zero-order valence-electron chi connectivity index (χ0n) is 11.2. The molecule has 0 spiro atoms. The second-order valence-corrected chi connectivity index (χ2v) is 6.04. The minimum atomic E-state index is 0.117. The van der Waals surface area contributed by atoms with Crippen molar-refractivity contribution in [1.29, 1.82) is 0 Å². The van der Waals surface area contributed by atoms with Crippen LogP contribution < -0.4 is 5.32 Å². The molecule has 3 nitrogen and oxygen atoms in total. The monoisotopic (exact) mass is 233 g/mol. The van der Waals surface area contributed by atoms with Crippen LogP contribution in [0.2, 0.25) is 0 Å². The molecule has 1 aromatic rings. The summed E-state index contributed by atoms with van der Waals surface area (Å²) in [5.41, 5.74) is 2.47. The van der Waals surface area contributed by atoms with Crippen molar-refractivity contribution in [3.63, 3.8) is 0 Å². The van der Waals surface area contributed by atoms with Gasteiger partial charge in [0.25, 0.3) is 0 Å². The van der Waals surface area contributed by atoms with Gasteiger partial charge in [0, 0.05) is 16.8 Å². The molecule has 94 valence electrons. The van der Waals surface area contributed by atoms with Gasteiger partial charge in [0.2, 0.25) is 0 Å². The Morgan fingerprint density at radius 2 is 1.94 bits per heavy atom. The van der Waals surface area contributed by atoms with Gasteiger partial charge < -0.3 is 5.32 Å². The summed E-state index contributed by atoms with van der Waals surface area (Å²) in [5.74, 6) is 0.791. The molecule has 0 aliphatic carbocycles. The van der Waals surface area contributed by atoms with E-state index in [0.717, 1.165) is 31.1 Å². The molecule has 1 aliphatic rings. The molecule has 0 unspecified atom stereocenters.